The quantitative estimate of drug-likeness (QED) is 0.481. The maximum atomic E-state index is 12.0. The summed E-state index contributed by atoms with van der Waals surface area (Å²) in [5, 5.41) is 9.06. The van der Waals surface area contributed by atoms with Gasteiger partial charge in [0.05, 0.1) is 18.8 Å². The van der Waals surface area contributed by atoms with Gasteiger partial charge >= 0.3 is 5.97 Å². The average Bonchev–Trinajstić information content (AvgIpc) is 2.51. The van der Waals surface area contributed by atoms with Gasteiger partial charge in [0.15, 0.2) is 18.6 Å². The third-order valence-electron chi connectivity index (χ3n) is 5.60. The minimum atomic E-state index is -0.132. The fraction of sp³-hybridized carbons (Fsp3) is 0.882. The highest BCUT2D eigenvalue weighted by Crippen LogP contribution is 2.32. The van der Waals surface area contributed by atoms with Crippen LogP contribution in [0.15, 0.2) is 0 Å². The first kappa shape index (κ1) is 18.2. The van der Waals surface area contributed by atoms with E-state index in [0.29, 0.717) is 19.7 Å². The van der Waals surface area contributed by atoms with Gasteiger partial charge in [0.25, 0.3) is 0 Å². The third kappa shape index (κ3) is 4.23. The monoisotopic (exact) mass is 325 g/mol. The smallest absolute Gasteiger partial charge is 0.361 e. The van der Waals surface area contributed by atoms with Crippen molar-refractivity contribution in [3.63, 3.8) is 0 Å². The van der Waals surface area contributed by atoms with Crippen LogP contribution in [0.1, 0.15) is 40.0 Å². The first-order valence-electron chi connectivity index (χ1n) is 8.82. The summed E-state index contributed by atoms with van der Waals surface area (Å²) < 4.78 is 11.2. The predicted molar refractivity (Wildman–Crippen MR) is 85.1 cm³/mol. The topological polar surface area (TPSA) is 68.2 Å². The Kier molecular flexibility index (Phi) is 6.01. The zero-order valence-corrected chi connectivity index (χ0v) is 14.7. The Morgan fingerprint density at radius 2 is 2.17 bits per heavy atom. The molecule has 2 unspecified atom stereocenters. The lowest BCUT2D eigenvalue weighted by Crippen LogP contribution is -3.34. The molecule has 2 rings (SSSR count). The van der Waals surface area contributed by atoms with Crippen LogP contribution in [0.3, 0.4) is 0 Å². The average molecular weight is 325 g/mol. The van der Waals surface area contributed by atoms with E-state index in [0.717, 1.165) is 45.5 Å². The molecule has 0 amide bonds. The van der Waals surface area contributed by atoms with Gasteiger partial charge in [0.1, 0.15) is 25.7 Å². The second kappa shape index (κ2) is 7.61. The van der Waals surface area contributed by atoms with Crippen LogP contribution in [0.4, 0.5) is 0 Å². The van der Waals surface area contributed by atoms with Crippen molar-refractivity contribution in [1.29, 1.82) is 5.26 Å². The van der Waals surface area contributed by atoms with Crippen molar-refractivity contribution < 1.29 is 24.1 Å². The molecule has 0 radical (unpaired) electrons. The van der Waals surface area contributed by atoms with E-state index < -0.39 is 0 Å². The highest BCUT2D eigenvalue weighted by atomic mass is 16.5. The Morgan fingerprint density at radius 3 is 2.83 bits per heavy atom. The minimum absolute atomic E-state index is 0.0141. The molecule has 0 aromatic carbocycles. The van der Waals surface area contributed by atoms with Crippen LogP contribution in [0, 0.1) is 11.3 Å². The lowest BCUT2D eigenvalue weighted by atomic mass is 9.76. The molecule has 0 aliphatic carbocycles. The molecule has 4 atom stereocenters. The molecule has 0 saturated carbocycles. The molecule has 6 heteroatoms. The van der Waals surface area contributed by atoms with Gasteiger partial charge in [0.2, 0.25) is 0 Å². The Balaban J connectivity index is 2.19. The van der Waals surface area contributed by atoms with Gasteiger partial charge in [-0.05, 0) is 20.3 Å². The minimum Gasteiger partial charge on any atom is -0.462 e. The van der Waals surface area contributed by atoms with Crippen LogP contribution < -0.4 is 9.80 Å². The van der Waals surface area contributed by atoms with E-state index >= 15 is 0 Å². The van der Waals surface area contributed by atoms with E-state index in [4.69, 9.17) is 14.7 Å². The molecule has 2 aliphatic heterocycles. The van der Waals surface area contributed by atoms with Crippen LogP contribution in [0.2, 0.25) is 0 Å². The van der Waals surface area contributed by atoms with E-state index in [9.17, 15) is 4.79 Å². The summed E-state index contributed by atoms with van der Waals surface area (Å²) in [6.07, 6.45) is 2.86. The summed E-state index contributed by atoms with van der Waals surface area (Å²) >= 11 is 0. The number of hydrogen-bond donors (Lipinski definition) is 2. The molecule has 23 heavy (non-hydrogen) atoms. The molecule has 2 aliphatic rings. The summed E-state index contributed by atoms with van der Waals surface area (Å²) in [4.78, 5) is 14.7. The van der Waals surface area contributed by atoms with Gasteiger partial charge < -0.3 is 19.3 Å². The number of nitrogens with zero attached hydrogens (tertiary/aromatic N) is 1. The number of rotatable bonds is 5. The Morgan fingerprint density at radius 1 is 1.39 bits per heavy atom. The molecule has 0 bridgehead atoms. The second-order valence-corrected chi connectivity index (χ2v) is 7.21. The highest BCUT2D eigenvalue weighted by molar-refractivity contribution is 5.70. The van der Waals surface area contributed by atoms with Crippen molar-refractivity contribution in [3.8, 4) is 6.07 Å². The number of esters is 1. The number of carbonyl (C=O) groups excluding carboxylic acids is 1. The number of nitrogens with one attached hydrogen (secondary N) is 2. The van der Waals surface area contributed by atoms with E-state index in [1.165, 1.54) is 9.80 Å². The molecule has 0 aromatic heterocycles. The summed E-state index contributed by atoms with van der Waals surface area (Å²) in [7, 11) is 0. The molecule has 1 spiro atoms. The summed E-state index contributed by atoms with van der Waals surface area (Å²) in [5.74, 6) is -0.115. The Hall–Kier alpha value is -1.16. The number of ether oxygens (including phenoxy) is 2. The molecule has 2 heterocycles. The van der Waals surface area contributed by atoms with Crippen molar-refractivity contribution >= 4 is 5.97 Å². The third-order valence-corrected chi connectivity index (χ3v) is 5.60. The van der Waals surface area contributed by atoms with Crippen LogP contribution in [0.5, 0.6) is 0 Å². The molecular weight excluding hydrogens is 294 g/mol. The van der Waals surface area contributed by atoms with Crippen molar-refractivity contribution in [3.05, 3.63) is 0 Å². The SMILES string of the molecule is CCOC(=O)C[NH+]1CC[NH+](CC#N)C[C@@]12CCO[C@@](C)(CC)C2. The second-order valence-electron chi connectivity index (χ2n) is 7.21. The largest absolute Gasteiger partial charge is 0.462 e. The first-order valence-corrected chi connectivity index (χ1v) is 8.82. The van der Waals surface area contributed by atoms with Crippen LogP contribution in [-0.2, 0) is 14.3 Å². The van der Waals surface area contributed by atoms with E-state index in [1.807, 2.05) is 6.92 Å². The van der Waals surface area contributed by atoms with Crippen molar-refractivity contribution in [1.82, 2.24) is 0 Å². The highest BCUT2D eigenvalue weighted by Gasteiger charge is 2.54. The Labute approximate surface area is 139 Å². The standard InChI is InChI=1S/C17H29N3O3/c1-4-16(3)13-17(6-11-23-16)14-19(8-7-18)9-10-20(17)12-15(21)22-5-2/h4-6,8-14H2,1-3H3/p+2/t16-,17-/m0/s1. The predicted octanol–water partition coefficient (Wildman–Crippen LogP) is -1.43. The van der Waals surface area contributed by atoms with Gasteiger partial charge in [0, 0.05) is 12.8 Å². The number of carbonyl (C=O) groups is 1. The van der Waals surface area contributed by atoms with Gasteiger partial charge in [-0.1, -0.05) is 6.92 Å². The Bertz CT molecular complexity index is 464. The lowest BCUT2D eigenvalue weighted by molar-refractivity contribution is -1.05. The number of nitriles is 1. The van der Waals surface area contributed by atoms with E-state index in [1.54, 1.807) is 0 Å². The summed E-state index contributed by atoms with van der Waals surface area (Å²) in [6, 6.07) is 2.30. The zero-order chi connectivity index (χ0) is 16.9. The fourth-order valence-electron chi connectivity index (χ4n) is 4.24. The molecule has 2 fully saturated rings. The van der Waals surface area contributed by atoms with Crippen LogP contribution in [-0.4, -0.2) is 63.0 Å². The van der Waals surface area contributed by atoms with Gasteiger partial charge in [-0.3, -0.25) is 0 Å². The molecule has 0 aromatic rings. The maximum Gasteiger partial charge on any atom is 0.361 e. The van der Waals surface area contributed by atoms with Gasteiger partial charge in [-0.2, -0.15) is 5.26 Å². The first-order chi connectivity index (χ1) is 11.0. The fourth-order valence-corrected chi connectivity index (χ4v) is 4.24. The van der Waals surface area contributed by atoms with Crippen LogP contribution >= 0.6 is 0 Å². The summed E-state index contributed by atoms with van der Waals surface area (Å²) in [5.41, 5.74) is -0.118. The van der Waals surface area contributed by atoms with E-state index in [-0.39, 0.29) is 17.1 Å². The molecule has 130 valence electrons. The normalized spacial score (nSPS) is 37.3. The van der Waals surface area contributed by atoms with Gasteiger partial charge in [-0.25, -0.2) is 4.79 Å². The van der Waals surface area contributed by atoms with Crippen molar-refractivity contribution in [2.45, 2.75) is 51.2 Å². The summed E-state index contributed by atoms with van der Waals surface area (Å²) in [6.45, 7) is 11.1. The molecule has 6 nitrogen and oxygen atoms in total. The van der Waals surface area contributed by atoms with Crippen molar-refractivity contribution in [2.24, 2.45) is 0 Å². The molecule has 2 saturated heterocycles. The zero-order valence-electron chi connectivity index (χ0n) is 14.7. The number of piperazine rings is 1. The lowest BCUT2D eigenvalue weighted by Gasteiger charge is -2.51. The van der Waals surface area contributed by atoms with Crippen LogP contribution in [0.25, 0.3) is 0 Å². The van der Waals surface area contributed by atoms with Crippen molar-refractivity contribution in [2.75, 3.05) is 45.9 Å². The number of hydrogen-bond acceptors (Lipinski definition) is 4. The molecular formula is C17H31N3O3+2. The van der Waals surface area contributed by atoms with Gasteiger partial charge in [-0.15, -0.1) is 0 Å². The molecule has 2 N–H and O–H groups in total. The van der Waals surface area contributed by atoms with E-state index in [2.05, 4.69) is 19.9 Å². The maximum absolute atomic E-state index is 12.0. The number of quaternary nitrogens is 2.